The number of pyridine rings is 1. The molecule has 1 amide bonds. The van der Waals surface area contributed by atoms with E-state index in [4.69, 9.17) is 4.98 Å². The maximum absolute atomic E-state index is 13.1. The van der Waals surface area contributed by atoms with Crippen LogP contribution in [-0.2, 0) is 11.2 Å². The Hall–Kier alpha value is -3.92. The zero-order valence-corrected chi connectivity index (χ0v) is 19.7. The Morgan fingerprint density at radius 3 is 2.62 bits per heavy atom. The molecule has 0 saturated carbocycles. The highest BCUT2D eigenvalue weighted by Gasteiger charge is 2.17. The summed E-state index contributed by atoms with van der Waals surface area (Å²) in [5.41, 5.74) is 7.43. The largest absolute Gasteiger partial charge is 0.353 e. The summed E-state index contributed by atoms with van der Waals surface area (Å²) in [4.78, 5) is 23.5. The SMILES string of the molecule is CCN(C(=O)CCCc1c(-c2ccc3ccccc3n2)[nH]c2ccccc12)c1cccc(C)c1. The lowest BCUT2D eigenvalue weighted by atomic mass is 10.0. The maximum atomic E-state index is 13.1. The van der Waals surface area contributed by atoms with E-state index in [0.717, 1.165) is 51.9 Å². The van der Waals surface area contributed by atoms with Crippen LogP contribution in [-0.4, -0.2) is 22.4 Å². The predicted octanol–water partition coefficient (Wildman–Crippen LogP) is 7.07. The van der Waals surface area contributed by atoms with E-state index in [0.29, 0.717) is 13.0 Å². The van der Waals surface area contributed by atoms with Gasteiger partial charge in [-0.05, 0) is 68.1 Å². The average Bonchev–Trinajstić information content (AvgIpc) is 3.23. The summed E-state index contributed by atoms with van der Waals surface area (Å²) in [5.74, 6) is 0.165. The van der Waals surface area contributed by atoms with Crippen LogP contribution in [0.25, 0.3) is 33.2 Å². The number of hydrogen-bond donors (Lipinski definition) is 1. The van der Waals surface area contributed by atoms with E-state index >= 15 is 0 Å². The molecule has 1 N–H and O–H groups in total. The number of hydrogen-bond acceptors (Lipinski definition) is 2. The molecule has 0 saturated heterocycles. The van der Waals surface area contributed by atoms with Crippen molar-refractivity contribution in [1.29, 1.82) is 0 Å². The van der Waals surface area contributed by atoms with Gasteiger partial charge in [-0.25, -0.2) is 4.98 Å². The molecule has 5 aromatic rings. The first kappa shape index (κ1) is 21.9. The molecule has 34 heavy (non-hydrogen) atoms. The van der Waals surface area contributed by atoms with Crippen molar-refractivity contribution >= 4 is 33.4 Å². The summed E-state index contributed by atoms with van der Waals surface area (Å²) in [6.45, 7) is 4.76. The number of anilines is 1. The molecule has 0 spiro atoms. The van der Waals surface area contributed by atoms with Crippen LogP contribution in [0.1, 0.15) is 30.9 Å². The lowest BCUT2D eigenvalue weighted by molar-refractivity contribution is -0.118. The topological polar surface area (TPSA) is 49.0 Å². The number of aromatic amines is 1. The quantitative estimate of drug-likeness (QED) is 0.290. The molecule has 5 rings (SSSR count). The third kappa shape index (κ3) is 4.32. The number of aromatic nitrogens is 2. The van der Waals surface area contributed by atoms with Gasteiger partial charge in [0.2, 0.25) is 5.91 Å². The second kappa shape index (κ2) is 9.52. The van der Waals surface area contributed by atoms with Gasteiger partial charge in [0.05, 0.1) is 16.9 Å². The van der Waals surface area contributed by atoms with Gasteiger partial charge in [-0.1, -0.05) is 54.6 Å². The van der Waals surface area contributed by atoms with E-state index < -0.39 is 0 Å². The Balaban J connectivity index is 1.40. The van der Waals surface area contributed by atoms with Crippen LogP contribution in [0.3, 0.4) is 0 Å². The summed E-state index contributed by atoms with van der Waals surface area (Å²) in [6, 6.07) is 28.9. The van der Waals surface area contributed by atoms with Crippen molar-refractivity contribution in [3.8, 4) is 11.4 Å². The molecule has 4 heteroatoms. The molecule has 170 valence electrons. The summed E-state index contributed by atoms with van der Waals surface area (Å²) in [5, 5.41) is 2.33. The van der Waals surface area contributed by atoms with Gasteiger partial charge < -0.3 is 9.88 Å². The first-order valence-electron chi connectivity index (χ1n) is 12.0. The zero-order valence-electron chi connectivity index (χ0n) is 19.7. The second-order valence-electron chi connectivity index (χ2n) is 8.74. The fourth-order valence-electron chi connectivity index (χ4n) is 4.73. The molecule has 0 aliphatic heterocycles. The lowest BCUT2D eigenvalue weighted by Gasteiger charge is -2.21. The summed E-state index contributed by atoms with van der Waals surface area (Å²) < 4.78 is 0. The van der Waals surface area contributed by atoms with Crippen molar-refractivity contribution in [2.45, 2.75) is 33.1 Å². The minimum Gasteiger partial charge on any atom is -0.353 e. The van der Waals surface area contributed by atoms with E-state index in [1.807, 2.05) is 48.2 Å². The molecule has 0 fully saturated rings. The second-order valence-corrected chi connectivity index (χ2v) is 8.74. The normalized spacial score (nSPS) is 11.2. The lowest BCUT2D eigenvalue weighted by Crippen LogP contribution is -2.30. The number of H-pyrrole nitrogens is 1. The fourth-order valence-corrected chi connectivity index (χ4v) is 4.73. The number of carbonyl (C=O) groups excluding carboxylic acids is 1. The smallest absolute Gasteiger partial charge is 0.226 e. The van der Waals surface area contributed by atoms with Gasteiger partial charge in [0.1, 0.15) is 0 Å². The van der Waals surface area contributed by atoms with Gasteiger partial charge >= 0.3 is 0 Å². The highest BCUT2D eigenvalue weighted by Crippen LogP contribution is 2.32. The van der Waals surface area contributed by atoms with E-state index in [-0.39, 0.29) is 5.91 Å². The molecular formula is C30H29N3O. The molecule has 3 aromatic carbocycles. The van der Waals surface area contributed by atoms with Crippen molar-refractivity contribution in [2.75, 3.05) is 11.4 Å². The first-order valence-corrected chi connectivity index (χ1v) is 12.0. The van der Waals surface area contributed by atoms with Gasteiger partial charge in [-0.2, -0.15) is 0 Å². The number of para-hydroxylation sites is 2. The third-order valence-electron chi connectivity index (χ3n) is 6.42. The fraction of sp³-hybridized carbons (Fsp3) is 0.200. The van der Waals surface area contributed by atoms with Crippen LogP contribution >= 0.6 is 0 Å². The Labute approximate surface area is 200 Å². The highest BCUT2D eigenvalue weighted by molar-refractivity contribution is 5.94. The standard InChI is InChI=1S/C30H29N3O/c1-3-33(23-12-8-10-21(2)20-23)29(34)17-9-14-25-24-13-5-7-16-27(24)32-30(25)28-19-18-22-11-4-6-15-26(22)31-28/h4-8,10-13,15-16,18-20,32H,3,9,14,17H2,1-2H3. The summed E-state index contributed by atoms with van der Waals surface area (Å²) in [7, 11) is 0. The van der Waals surface area contributed by atoms with Gasteiger partial charge in [-0.3, -0.25) is 4.79 Å². The van der Waals surface area contributed by atoms with Crippen LogP contribution in [0.4, 0.5) is 5.69 Å². The summed E-state index contributed by atoms with van der Waals surface area (Å²) in [6.07, 6.45) is 2.10. The van der Waals surface area contributed by atoms with E-state index in [1.54, 1.807) is 0 Å². The predicted molar refractivity (Wildman–Crippen MR) is 141 cm³/mol. The molecule has 4 nitrogen and oxygen atoms in total. The number of amides is 1. The monoisotopic (exact) mass is 447 g/mol. The van der Waals surface area contributed by atoms with Crippen molar-refractivity contribution in [1.82, 2.24) is 9.97 Å². The van der Waals surface area contributed by atoms with Crippen molar-refractivity contribution in [3.05, 3.63) is 96.1 Å². The molecule has 0 bridgehead atoms. The van der Waals surface area contributed by atoms with E-state index in [2.05, 4.69) is 60.4 Å². The van der Waals surface area contributed by atoms with Gasteiger partial charge in [-0.15, -0.1) is 0 Å². The van der Waals surface area contributed by atoms with Crippen LogP contribution < -0.4 is 4.90 Å². The Morgan fingerprint density at radius 1 is 0.941 bits per heavy atom. The number of aryl methyl sites for hydroxylation is 2. The van der Waals surface area contributed by atoms with Crippen molar-refractivity contribution < 1.29 is 4.79 Å². The average molecular weight is 448 g/mol. The number of benzene rings is 3. The first-order chi connectivity index (χ1) is 16.6. The van der Waals surface area contributed by atoms with Gasteiger partial charge in [0.15, 0.2) is 0 Å². The third-order valence-corrected chi connectivity index (χ3v) is 6.42. The van der Waals surface area contributed by atoms with Crippen molar-refractivity contribution in [2.24, 2.45) is 0 Å². The highest BCUT2D eigenvalue weighted by atomic mass is 16.2. The molecule has 0 atom stereocenters. The van der Waals surface area contributed by atoms with Crippen LogP contribution in [0, 0.1) is 6.92 Å². The number of nitrogens with zero attached hydrogens (tertiary/aromatic N) is 2. The Kier molecular flexibility index (Phi) is 6.13. The number of rotatable bonds is 7. The number of fused-ring (bicyclic) bond motifs is 2. The van der Waals surface area contributed by atoms with Crippen LogP contribution in [0.15, 0.2) is 84.9 Å². The van der Waals surface area contributed by atoms with E-state index in [9.17, 15) is 4.79 Å². The molecule has 0 aliphatic rings. The minimum absolute atomic E-state index is 0.165. The molecule has 2 aromatic heterocycles. The van der Waals surface area contributed by atoms with Crippen molar-refractivity contribution in [3.63, 3.8) is 0 Å². The van der Waals surface area contributed by atoms with Gasteiger partial charge in [0.25, 0.3) is 0 Å². The minimum atomic E-state index is 0.165. The van der Waals surface area contributed by atoms with Crippen LogP contribution in [0.5, 0.6) is 0 Å². The van der Waals surface area contributed by atoms with E-state index in [1.165, 1.54) is 10.9 Å². The van der Waals surface area contributed by atoms with Gasteiger partial charge in [0, 0.05) is 34.9 Å². The van der Waals surface area contributed by atoms with Crippen LogP contribution in [0.2, 0.25) is 0 Å². The Morgan fingerprint density at radius 2 is 1.76 bits per heavy atom. The number of carbonyl (C=O) groups is 1. The summed E-state index contributed by atoms with van der Waals surface area (Å²) >= 11 is 0. The molecular weight excluding hydrogens is 418 g/mol. The molecule has 0 unspecified atom stereocenters. The molecule has 0 aliphatic carbocycles. The number of nitrogens with one attached hydrogen (secondary N) is 1. The molecule has 2 heterocycles. The maximum Gasteiger partial charge on any atom is 0.226 e. The zero-order chi connectivity index (χ0) is 23.5. The molecule has 0 radical (unpaired) electrons. The Bertz CT molecular complexity index is 1470.